The van der Waals surface area contributed by atoms with Crippen molar-refractivity contribution < 1.29 is 13.2 Å². The van der Waals surface area contributed by atoms with Gasteiger partial charge in [-0.05, 0) is 49.4 Å². The van der Waals surface area contributed by atoms with Crippen LogP contribution in [0.5, 0.6) is 10.9 Å². The molecule has 1 heterocycles. The van der Waals surface area contributed by atoms with Crippen LogP contribution >= 0.6 is 46.1 Å². The maximum Gasteiger partial charge on any atom is 0.279 e. The summed E-state index contributed by atoms with van der Waals surface area (Å²) in [6, 6.07) is 14.7. The van der Waals surface area contributed by atoms with Crippen molar-refractivity contribution in [1.29, 1.82) is 0 Å². The average Bonchev–Trinajstić information content (AvgIpc) is 3.06. The molecule has 0 atom stereocenters. The largest absolute Gasteiger partial charge is 0.428 e. The van der Waals surface area contributed by atoms with E-state index in [1.165, 1.54) is 35.6 Å². The van der Waals surface area contributed by atoms with E-state index in [0.29, 0.717) is 10.2 Å². The molecule has 5 nitrogen and oxygen atoms in total. The summed E-state index contributed by atoms with van der Waals surface area (Å²) in [5, 5.41) is 1.21. The second-order valence-corrected chi connectivity index (χ2v) is 10.3. The lowest BCUT2D eigenvalue weighted by Crippen LogP contribution is -2.13. The second-order valence-electron chi connectivity index (χ2n) is 6.38. The van der Waals surface area contributed by atoms with Gasteiger partial charge in [-0.3, -0.25) is 4.72 Å². The fraction of sp³-hybridized carbons (Fsp3) is 0.0500. The van der Waals surface area contributed by atoms with Crippen LogP contribution in [0.25, 0.3) is 10.2 Å². The fourth-order valence-corrected chi connectivity index (χ4v) is 5.36. The van der Waals surface area contributed by atoms with Gasteiger partial charge < -0.3 is 4.74 Å². The summed E-state index contributed by atoms with van der Waals surface area (Å²) < 4.78 is 34.3. The number of aryl methyl sites for hydroxylation is 1. The predicted molar refractivity (Wildman–Crippen MR) is 123 cm³/mol. The number of fused-ring (bicyclic) bond motifs is 1. The van der Waals surface area contributed by atoms with Crippen molar-refractivity contribution >= 4 is 72.1 Å². The summed E-state index contributed by atoms with van der Waals surface area (Å²) in [5.41, 5.74) is 1.90. The Balaban J connectivity index is 1.60. The molecule has 0 saturated heterocycles. The van der Waals surface area contributed by atoms with Gasteiger partial charge in [-0.1, -0.05) is 63.8 Å². The zero-order valence-corrected chi connectivity index (χ0v) is 19.2. The van der Waals surface area contributed by atoms with Crippen molar-refractivity contribution in [2.24, 2.45) is 0 Å². The van der Waals surface area contributed by atoms with E-state index in [1.54, 1.807) is 30.3 Å². The van der Waals surface area contributed by atoms with Gasteiger partial charge >= 0.3 is 0 Å². The van der Waals surface area contributed by atoms with E-state index in [-0.39, 0.29) is 26.4 Å². The highest BCUT2D eigenvalue weighted by molar-refractivity contribution is 7.92. The molecule has 0 saturated carbocycles. The molecule has 3 aromatic carbocycles. The summed E-state index contributed by atoms with van der Waals surface area (Å²) in [4.78, 5) is 4.50. The van der Waals surface area contributed by atoms with Gasteiger partial charge in [0.15, 0.2) is 5.75 Å². The number of hydrogen-bond acceptors (Lipinski definition) is 5. The molecule has 30 heavy (non-hydrogen) atoms. The molecule has 4 rings (SSSR count). The Morgan fingerprint density at radius 1 is 0.967 bits per heavy atom. The summed E-state index contributed by atoms with van der Waals surface area (Å²) in [6.07, 6.45) is 0. The minimum Gasteiger partial charge on any atom is -0.428 e. The van der Waals surface area contributed by atoms with Crippen LogP contribution < -0.4 is 9.46 Å². The van der Waals surface area contributed by atoms with Gasteiger partial charge in [0.1, 0.15) is 0 Å². The molecule has 0 spiro atoms. The van der Waals surface area contributed by atoms with Crippen molar-refractivity contribution in [2.45, 2.75) is 11.8 Å². The molecule has 0 amide bonds. The number of halogens is 3. The zero-order chi connectivity index (χ0) is 21.5. The fourth-order valence-electron chi connectivity index (χ4n) is 2.66. The Labute approximate surface area is 192 Å². The molecule has 154 valence electrons. The van der Waals surface area contributed by atoms with E-state index in [4.69, 9.17) is 39.5 Å². The molecular formula is C20H13Cl3N2O3S2. The Hall–Kier alpha value is -2.03. The van der Waals surface area contributed by atoms with Crippen molar-refractivity contribution in [1.82, 2.24) is 4.98 Å². The number of hydrogen-bond donors (Lipinski definition) is 1. The molecular weight excluding hydrogens is 487 g/mol. The first-order valence-corrected chi connectivity index (χ1v) is 12.0. The number of benzene rings is 3. The minimum absolute atomic E-state index is 0.133. The molecule has 1 aromatic heterocycles. The first kappa shape index (κ1) is 21.2. The summed E-state index contributed by atoms with van der Waals surface area (Å²) in [6.45, 7) is 1.88. The number of nitrogens with one attached hydrogen (secondary N) is 1. The van der Waals surface area contributed by atoms with Crippen molar-refractivity contribution in [3.63, 3.8) is 0 Å². The molecule has 0 radical (unpaired) electrons. The maximum atomic E-state index is 12.6. The number of aromatic nitrogens is 1. The molecule has 0 aliphatic heterocycles. The van der Waals surface area contributed by atoms with Crippen LogP contribution in [0.1, 0.15) is 5.56 Å². The predicted octanol–water partition coefficient (Wildman–Crippen LogP) is 7.16. The van der Waals surface area contributed by atoms with Gasteiger partial charge in [-0.25, -0.2) is 13.4 Å². The van der Waals surface area contributed by atoms with Crippen LogP contribution in [-0.4, -0.2) is 13.4 Å². The van der Waals surface area contributed by atoms with Gasteiger partial charge in [0, 0.05) is 5.02 Å². The topological polar surface area (TPSA) is 68.3 Å². The third kappa shape index (κ3) is 4.50. The van der Waals surface area contributed by atoms with Gasteiger partial charge in [-0.2, -0.15) is 0 Å². The number of rotatable bonds is 5. The number of sulfonamides is 1. The highest BCUT2D eigenvalue weighted by Crippen LogP contribution is 2.41. The Kier molecular flexibility index (Phi) is 5.83. The second kappa shape index (κ2) is 8.24. The van der Waals surface area contributed by atoms with E-state index < -0.39 is 10.0 Å². The lowest BCUT2D eigenvalue weighted by Gasteiger charge is -2.12. The van der Waals surface area contributed by atoms with Crippen LogP contribution in [0.4, 0.5) is 5.69 Å². The number of thiazole rings is 1. The van der Waals surface area contributed by atoms with Gasteiger partial charge in [0.25, 0.3) is 15.2 Å². The highest BCUT2D eigenvalue weighted by Gasteiger charge is 2.18. The normalized spacial score (nSPS) is 11.6. The van der Waals surface area contributed by atoms with E-state index in [9.17, 15) is 8.42 Å². The van der Waals surface area contributed by atoms with Crippen molar-refractivity contribution in [3.05, 3.63) is 75.2 Å². The first-order valence-electron chi connectivity index (χ1n) is 8.54. The van der Waals surface area contributed by atoms with E-state index in [0.717, 1.165) is 15.8 Å². The Bertz CT molecular complexity index is 1330. The summed E-state index contributed by atoms with van der Waals surface area (Å²) in [5.74, 6) is 0.182. The molecule has 0 bridgehead atoms. The molecule has 0 aliphatic carbocycles. The van der Waals surface area contributed by atoms with Crippen LogP contribution in [0.15, 0.2) is 59.5 Å². The third-order valence-corrected chi connectivity index (χ3v) is 7.19. The van der Waals surface area contributed by atoms with Crippen molar-refractivity contribution in [2.75, 3.05) is 4.72 Å². The zero-order valence-electron chi connectivity index (χ0n) is 15.3. The quantitative estimate of drug-likeness (QED) is 0.316. The monoisotopic (exact) mass is 498 g/mol. The molecule has 0 aliphatic rings. The maximum absolute atomic E-state index is 12.6. The first-order chi connectivity index (χ1) is 14.2. The minimum atomic E-state index is -3.79. The van der Waals surface area contributed by atoms with Crippen LogP contribution in [0.2, 0.25) is 15.1 Å². The summed E-state index contributed by atoms with van der Waals surface area (Å²) in [7, 11) is -3.79. The average molecular weight is 500 g/mol. The molecule has 0 unspecified atom stereocenters. The van der Waals surface area contributed by atoms with Gasteiger partial charge in [0.2, 0.25) is 0 Å². The van der Waals surface area contributed by atoms with Crippen LogP contribution in [0.3, 0.4) is 0 Å². The molecule has 4 aromatic rings. The smallest absolute Gasteiger partial charge is 0.279 e. The Morgan fingerprint density at radius 3 is 2.30 bits per heavy atom. The van der Waals surface area contributed by atoms with Crippen LogP contribution in [-0.2, 0) is 10.0 Å². The summed E-state index contributed by atoms with van der Waals surface area (Å²) >= 11 is 19.9. The van der Waals surface area contributed by atoms with Crippen molar-refractivity contribution in [3.8, 4) is 10.9 Å². The van der Waals surface area contributed by atoms with E-state index >= 15 is 0 Å². The molecule has 10 heteroatoms. The van der Waals surface area contributed by atoms with Gasteiger partial charge in [0.05, 0.1) is 30.8 Å². The molecule has 1 N–H and O–H groups in total. The van der Waals surface area contributed by atoms with E-state index in [1.807, 2.05) is 6.92 Å². The van der Waals surface area contributed by atoms with Gasteiger partial charge in [-0.15, -0.1) is 0 Å². The number of ether oxygens (including phenoxy) is 1. The van der Waals surface area contributed by atoms with E-state index in [2.05, 4.69) is 9.71 Å². The Morgan fingerprint density at radius 2 is 1.63 bits per heavy atom. The number of nitrogens with zero attached hydrogens (tertiary/aromatic N) is 1. The standard InChI is InChI=1S/C20H13Cl3N2O3S2/c1-11-2-5-14(6-3-11)30(26,27)25-13-9-15(22)19(16(23)10-13)28-20-24-17-7-4-12(21)8-18(17)29-20/h2-10,25H,1H3. The lowest BCUT2D eigenvalue weighted by molar-refractivity contribution is 0.481. The molecule has 0 fully saturated rings. The third-order valence-electron chi connectivity index (χ3n) is 4.10. The lowest BCUT2D eigenvalue weighted by atomic mass is 10.2. The SMILES string of the molecule is Cc1ccc(S(=O)(=O)Nc2cc(Cl)c(Oc3nc4ccc(Cl)cc4s3)c(Cl)c2)cc1. The number of anilines is 1. The van der Waals surface area contributed by atoms with Crippen LogP contribution in [0, 0.1) is 6.92 Å². The highest BCUT2D eigenvalue weighted by atomic mass is 35.5.